The number of benzene rings is 1. The molecule has 7 heteroatoms. The van der Waals surface area contributed by atoms with Crippen LogP contribution in [0.15, 0.2) is 29.2 Å². The lowest BCUT2D eigenvalue weighted by molar-refractivity contribution is -0.137. The van der Waals surface area contributed by atoms with Crippen molar-refractivity contribution < 1.29 is 19.1 Å². The highest BCUT2D eigenvalue weighted by Crippen LogP contribution is 2.24. The maximum Gasteiger partial charge on any atom is 0.339 e. The van der Waals surface area contributed by atoms with E-state index in [0.717, 1.165) is 6.42 Å². The molecule has 0 bridgehead atoms. The van der Waals surface area contributed by atoms with Gasteiger partial charge >= 0.3 is 5.97 Å². The molecule has 0 spiro atoms. The number of piperidine rings is 1. The molecular weight excluding hydrogens is 364 g/mol. The zero-order valence-electron chi connectivity index (χ0n) is 16.4. The van der Waals surface area contributed by atoms with E-state index in [1.165, 1.54) is 16.7 Å². The van der Waals surface area contributed by atoms with Gasteiger partial charge in [0.05, 0.1) is 11.3 Å². The molecule has 1 saturated heterocycles. The Kier molecular flexibility index (Phi) is 7.71. The molecule has 1 aromatic carbocycles. The summed E-state index contributed by atoms with van der Waals surface area (Å²) >= 11 is 1.29. The third-order valence-electron chi connectivity index (χ3n) is 4.51. The minimum atomic E-state index is -0.540. The predicted octanol–water partition coefficient (Wildman–Crippen LogP) is 2.53. The Morgan fingerprint density at radius 1 is 1.15 bits per heavy atom. The molecule has 0 aliphatic carbocycles. The fourth-order valence-electron chi connectivity index (χ4n) is 3.19. The maximum atomic E-state index is 12.5. The van der Waals surface area contributed by atoms with Crippen molar-refractivity contribution in [1.82, 2.24) is 9.80 Å². The third-order valence-corrected chi connectivity index (χ3v) is 5.56. The van der Waals surface area contributed by atoms with Crippen LogP contribution in [-0.4, -0.2) is 67.1 Å². The maximum absolute atomic E-state index is 12.5. The largest absolute Gasteiger partial charge is 0.452 e. The second-order valence-electron chi connectivity index (χ2n) is 7.39. The van der Waals surface area contributed by atoms with Crippen molar-refractivity contribution in [2.45, 2.75) is 25.2 Å². The monoisotopic (exact) mass is 392 g/mol. The first-order valence-corrected chi connectivity index (χ1v) is 10.1. The molecule has 2 atom stereocenters. The SMILES string of the molecule is CC1CC(C)CN(C(=O)COC(=O)c2ccccc2SCC(=O)N(C)C)C1. The van der Waals surface area contributed by atoms with Gasteiger partial charge in [-0.3, -0.25) is 9.59 Å². The number of esters is 1. The molecule has 1 fully saturated rings. The molecule has 148 valence electrons. The number of rotatable bonds is 6. The van der Waals surface area contributed by atoms with Crippen molar-refractivity contribution in [3.8, 4) is 0 Å². The third kappa shape index (κ3) is 6.27. The quantitative estimate of drug-likeness (QED) is 0.550. The molecule has 1 aromatic rings. The normalized spacial score (nSPS) is 19.5. The van der Waals surface area contributed by atoms with Crippen molar-refractivity contribution in [3.63, 3.8) is 0 Å². The van der Waals surface area contributed by atoms with E-state index in [9.17, 15) is 14.4 Å². The minimum absolute atomic E-state index is 0.0355. The van der Waals surface area contributed by atoms with Crippen LogP contribution in [0.3, 0.4) is 0 Å². The molecule has 0 aromatic heterocycles. The number of ether oxygens (including phenoxy) is 1. The summed E-state index contributed by atoms with van der Waals surface area (Å²) in [6.45, 7) is 5.42. The molecule has 0 saturated carbocycles. The zero-order valence-corrected chi connectivity index (χ0v) is 17.3. The van der Waals surface area contributed by atoms with E-state index in [2.05, 4.69) is 13.8 Å². The Bertz CT molecular complexity index is 682. The van der Waals surface area contributed by atoms with E-state index < -0.39 is 5.97 Å². The van der Waals surface area contributed by atoms with Crippen molar-refractivity contribution >= 4 is 29.5 Å². The Labute approximate surface area is 165 Å². The van der Waals surface area contributed by atoms with Crippen LogP contribution >= 0.6 is 11.8 Å². The highest BCUT2D eigenvalue weighted by atomic mass is 32.2. The number of hydrogen-bond donors (Lipinski definition) is 0. The van der Waals surface area contributed by atoms with Crippen LogP contribution in [0.2, 0.25) is 0 Å². The van der Waals surface area contributed by atoms with Crippen molar-refractivity contribution in [2.24, 2.45) is 11.8 Å². The minimum Gasteiger partial charge on any atom is -0.452 e. The molecule has 1 heterocycles. The smallest absolute Gasteiger partial charge is 0.339 e. The van der Waals surface area contributed by atoms with Crippen LogP contribution < -0.4 is 0 Å². The molecule has 0 radical (unpaired) electrons. The van der Waals surface area contributed by atoms with Crippen LogP contribution in [0.5, 0.6) is 0 Å². The van der Waals surface area contributed by atoms with Gasteiger partial charge in [-0.1, -0.05) is 26.0 Å². The van der Waals surface area contributed by atoms with Crippen LogP contribution in [0.1, 0.15) is 30.6 Å². The van der Waals surface area contributed by atoms with Gasteiger partial charge in [0.15, 0.2) is 6.61 Å². The number of carbonyl (C=O) groups is 3. The molecule has 6 nitrogen and oxygen atoms in total. The summed E-state index contributed by atoms with van der Waals surface area (Å²) in [4.78, 5) is 40.6. The molecule has 2 rings (SSSR count). The second-order valence-corrected chi connectivity index (χ2v) is 8.41. The van der Waals surface area contributed by atoms with E-state index >= 15 is 0 Å². The number of carbonyl (C=O) groups excluding carboxylic acids is 3. The first kappa shape index (κ1) is 21.3. The summed E-state index contributed by atoms with van der Waals surface area (Å²) in [7, 11) is 3.38. The molecule has 2 unspecified atom stereocenters. The summed E-state index contributed by atoms with van der Waals surface area (Å²) in [5, 5.41) is 0. The van der Waals surface area contributed by atoms with Gasteiger partial charge in [0.2, 0.25) is 5.91 Å². The molecular formula is C20H28N2O4S. The summed E-state index contributed by atoms with van der Waals surface area (Å²) in [6.07, 6.45) is 1.11. The first-order valence-electron chi connectivity index (χ1n) is 9.14. The van der Waals surface area contributed by atoms with Gasteiger partial charge in [0, 0.05) is 32.1 Å². The summed E-state index contributed by atoms with van der Waals surface area (Å²) in [5.41, 5.74) is 0.377. The van der Waals surface area contributed by atoms with E-state index in [0.29, 0.717) is 35.4 Å². The Morgan fingerprint density at radius 2 is 1.78 bits per heavy atom. The van der Waals surface area contributed by atoms with E-state index in [4.69, 9.17) is 4.74 Å². The number of nitrogens with zero attached hydrogens (tertiary/aromatic N) is 2. The zero-order chi connectivity index (χ0) is 20.0. The Balaban J connectivity index is 1.94. The van der Waals surface area contributed by atoms with Crippen molar-refractivity contribution in [1.29, 1.82) is 0 Å². The fourth-order valence-corrected chi connectivity index (χ4v) is 4.21. The molecule has 27 heavy (non-hydrogen) atoms. The Hall–Kier alpha value is -2.02. The molecule has 1 aliphatic heterocycles. The van der Waals surface area contributed by atoms with Crippen LogP contribution in [0, 0.1) is 11.8 Å². The van der Waals surface area contributed by atoms with Crippen LogP contribution in [-0.2, 0) is 14.3 Å². The van der Waals surface area contributed by atoms with Gasteiger partial charge < -0.3 is 14.5 Å². The lowest BCUT2D eigenvalue weighted by Gasteiger charge is -2.34. The lowest BCUT2D eigenvalue weighted by Crippen LogP contribution is -2.44. The highest BCUT2D eigenvalue weighted by Gasteiger charge is 2.26. The second kappa shape index (κ2) is 9.78. The summed E-state index contributed by atoms with van der Waals surface area (Å²) in [6, 6.07) is 6.98. The fraction of sp³-hybridized carbons (Fsp3) is 0.550. The van der Waals surface area contributed by atoms with Crippen molar-refractivity contribution in [2.75, 3.05) is 39.5 Å². The van der Waals surface area contributed by atoms with Gasteiger partial charge in [0.1, 0.15) is 0 Å². The Morgan fingerprint density at radius 3 is 2.41 bits per heavy atom. The first-order chi connectivity index (χ1) is 12.8. The van der Waals surface area contributed by atoms with Gasteiger partial charge in [-0.25, -0.2) is 4.79 Å². The molecule has 1 aliphatic rings. The number of likely N-dealkylation sites (tertiary alicyclic amines) is 1. The van der Waals surface area contributed by atoms with E-state index in [1.54, 1.807) is 43.3 Å². The van der Waals surface area contributed by atoms with Crippen LogP contribution in [0.4, 0.5) is 0 Å². The van der Waals surface area contributed by atoms with Crippen molar-refractivity contribution in [3.05, 3.63) is 29.8 Å². The topological polar surface area (TPSA) is 66.9 Å². The lowest BCUT2D eigenvalue weighted by atomic mass is 9.92. The van der Waals surface area contributed by atoms with Crippen LogP contribution in [0.25, 0.3) is 0 Å². The van der Waals surface area contributed by atoms with Gasteiger partial charge in [-0.15, -0.1) is 11.8 Å². The number of hydrogen-bond acceptors (Lipinski definition) is 5. The van der Waals surface area contributed by atoms with Gasteiger partial charge in [0.25, 0.3) is 5.91 Å². The van der Waals surface area contributed by atoms with E-state index in [-0.39, 0.29) is 24.2 Å². The summed E-state index contributed by atoms with van der Waals surface area (Å²) in [5.74, 6) is 0.419. The highest BCUT2D eigenvalue weighted by molar-refractivity contribution is 8.00. The molecule has 2 amide bonds. The average molecular weight is 393 g/mol. The van der Waals surface area contributed by atoms with Gasteiger partial charge in [-0.2, -0.15) is 0 Å². The predicted molar refractivity (Wildman–Crippen MR) is 106 cm³/mol. The van der Waals surface area contributed by atoms with E-state index in [1.807, 2.05) is 0 Å². The molecule has 0 N–H and O–H groups in total. The average Bonchev–Trinajstić information content (AvgIpc) is 2.63. The van der Waals surface area contributed by atoms with Gasteiger partial charge in [-0.05, 0) is 30.4 Å². The standard InChI is InChI=1S/C20H28N2O4S/c1-14-9-15(2)11-22(10-14)18(23)12-26-20(25)16-7-5-6-8-17(16)27-13-19(24)21(3)4/h5-8,14-15H,9-13H2,1-4H3. The summed E-state index contributed by atoms with van der Waals surface area (Å²) < 4.78 is 5.27. The number of amides is 2. The number of thioether (sulfide) groups is 1.